The van der Waals surface area contributed by atoms with Gasteiger partial charge in [-0.05, 0) is 36.8 Å². The molecule has 19 heavy (non-hydrogen) atoms. The van der Waals surface area contributed by atoms with Crippen molar-refractivity contribution in [2.24, 2.45) is 16.4 Å². The van der Waals surface area contributed by atoms with Crippen LogP contribution in [0.4, 0.5) is 0 Å². The van der Waals surface area contributed by atoms with E-state index in [9.17, 15) is 9.90 Å². The standard InChI is InChI=1S/C14H16N2O3/c17-10-3-2-9(12(18)6-10)8-15-16-13(19)11-7-14(11)4-1-5-14/h2-3,6,8,11,17-18H,1,4-5,7H2,(H,16,19)/b15-8+. The van der Waals surface area contributed by atoms with Crippen LogP contribution in [-0.4, -0.2) is 22.3 Å². The van der Waals surface area contributed by atoms with Gasteiger partial charge in [-0.25, -0.2) is 5.43 Å². The van der Waals surface area contributed by atoms with Gasteiger partial charge in [0.15, 0.2) is 0 Å². The van der Waals surface area contributed by atoms with E-state index in [-0.39, 0.29) is 23.3 Å². The predicted octanol–water partition coefficient (Wildman–Crippen LogP) is 1.74. The summed E-state index contributed by atoms with van der Waals surface area (Å²) in [4.78, 5) is 11.8. The Labute approximate surface area is 111 Å². The van der Waals surface area contributed by atoms with E-state index in [1.165, 1.54) is 30.8 Å². The Balaban J connectivity index is 1.57. The molecule has 3 N–H and O–H groups in total. The molecule has 0 saturated heterocycles. The third kappa shape index (κ3) is 2.16. The van der Waals surface area contributed by atoms with Crippen molar-refractivity contribution in [2.75, 3.05) is 0 Å². The number of rotatable bonds is 3. The number of carbonyl (C=O) groups is 1. The van der Waals surface area contributed by atoms with Crippen molar-refractivity contribution < 1.29 is 15.0 Å². The zero-order valence-corrected chi connectivity index (χ0v) is 10.5. The molecule has 3 rings (SSSR count). The van der Waals surface area contributed by atoms with Gasteiger partial charge in [-0.15, -0.1) is 0 Å². The molecule has 1 atom stereocenters. The summed E-state index contributed by atoms with van der Waals surface area (Å²) in [6.45, 7) is 0. The van der Waals surface area contributed by atoms with Crippen LogP contribution in [0.2, 0.25) is 0 Å². The molecule has 1 unspecified atom stereocenters. The Bertz CT molecular complexity index is 550. The summed E-state index contributed by atoms with van der Waals surface area (Å²) in [6, 6.07) is 4.21. The second kappa shape index (κ2) is 4.26. The fraction of sp³-hybridized carbons (Fsp3) is 0.429. The minimum Gasteiger partial charge on any atom is -0.508 e. The highest BCUT2D eigenvalue weighted by atomic mass is 16.3. The van der Waals surface area contributed by atoms with Gasteiger partial charge in [0, 0.05) is 17.5 Å². The molecule has 0 heterocycles. The fourth-order valence-corrected chi connectivity index (χ4v) is 2.79. The molecule has 1 aromatic carbocycles. The van der Waals surface area contributed by atoms with E-state index in [4.69, 9.17) is 5.11 Å². The highest BCUT2D eigenvalue weighted by Gasteiger charge is 2.60. The van der Waals surface area contributed by atoms with E-state index in [1.54, 1.807) is 0 Å². The number of nitrogens with zero attached hydrogens (tertiary/aromatic N) is 1. The number of carbonyl (C=O) groups excluding carboxylic acids is 1. The van der Waals surface area contributed by atoms with E-state index in [0.29, 0.717) is 11.0 Å². The molecule has 2 fully saturated rings. The van der Waals surface area contributed by atoms with Crippen molar-refractivity contribution in [3.05, 3.63) is 23.8 Å². The average molecular weight is 260 g/mol. The quantitative estimate of drug-likeness (QED) is 0.572. The summed E-state index contributed by atoms with van der Waals surface area (Å²) >= 11 is 0. The molecule has 5 heteroatoms. The summed E-state index contributed by atoms with van der Waals surface area (Å²) in [5, 5.41) is 22.5. The Morgan fingerprint density at radius 3 is 2.79 bits per heavy atom. The lowest BCUT2D eigenvalue weighted by molar-refractivity contribution is -0.123. The number of amides is 1. The summed E-state index contributed by atoms with van der Waals surface area (Å²) in [5.74, 6) is 0.00417. The Morgan fingerprint density at radius 2 is 2.21 bits per heavy atom. The monoisotopic (exact) mass is 260 g/mol. The first-order chi connectivity index (χ1) is 9.11. The van der Waals surface area contributed by atoms with Gasteiger partial charge in [0.25, 0.3) is 0 Å². The van der Waals surface area contributed by atoms with Crippen molar-refractivity contribution in [1.82, 2.24) is 5.43 Å². The molecule has 5 nitrogen and oxygen atoms in total. The maximum absolute atomic E-state index is 11.8. The lowest BCUT2D eigenvalue weighted by Gasteiger charge is -2.25. The summed E-state index contributed by atoms with van der Waals surface area (Å²) < 4.78 is 0. The van der Waals surface area contributed by atoms with Crippen LogP contribution in [0.3, 0.4) is 0 Å². The van der Waals surface area contributed by atoms with Crippen LogP contribution in [0.5, 0.6) is 11.5 Å². The van der Waals surface area contributed by atoms with Crippen molar-refractivity contribution in [1.29, 1.82) is 0 Å². The van der Waals surface area contributed by atoms with Crippen molar-refractivity contribution in [2.45, 2.75) is 25.7 Å². The number of hydrogen-bond acceptors (Lipinski definition) is 4. The SMILES string of the molecule is O=C(N/N=C/c1ccc(O)cc1O)C1CC12CCC2. The van der Waals surface area contributed by atoms with Crippen LogP contribution < -0.4 is 5.43 Å². The van der Waals surface area contributed by atoms with Crippen LogP contribution in [0, 0.1) is 11.3 Å². The van der Waals surface area contributed by atoms with E-state index < -0.39 is 0 Å². The number of nitrogens with one attached hydrogen (secondary N) is 1. The second-order valence-corrected chi connectivity index (χ2v) is 5.45. The van der Waals surface area contributed by atoms with Gasteiger partial charge >= 0.3 is 0 Å². The van der Waals surface area contributed by atoms with Crippen LogP contribution in [0.1, 0.15) is 31.2 Å². The van der Waals surface area contributed by atoms with E-state index in [1.807, 2.05) is 0 Å². The lowest BCUT2D eigenvalue weighted by atomic mass is 9.80. The first-order valence-corrected chi connectivity index (χ1v) is 6.46. The number of hydrogen-bond donors (Lipinski definition) is 3. The van der Waals surface area contributed by atoms with Gasteiger partial charge in [-0.2, -0.15) is 5.10 Å². The number of hydrazone groups is 1. The molecule has 2 aliphatic carbocycles. The Hall–Kier alpha value is -2.04. The maximum atomic E-state index is 11.8. The summed E-state index contributed by atoms with van der Waals surface area (Å²) in [6.07, 6.45) is 5.91. The van der Waals surface area contributed by atoms with Gasteiger partial charge in [-0.1, -0.05) is 6.42 Å². The molecule has 0 aliphatic heterocycles. The van der Waals surface area contributed by atoms with Gasteiger partial charge in [-0.3, -0.25) is 4.79 Å². The number of phenolic OH excluding ortho intramolecular Hbond substituents is 2. The predicted molar refractivity (Wildman–Crippen MR) is 69.9 cm³/mol. The van der Waals surface area contributed by atoms with Crippen LogP contribution in [0.15, 0.2) is 23.3 Å². The van der Waals surface area contributed by atoms with Gasteiger partial charge in [0.2, 0.25) is 5.91 Å². The fourth-order valence-electron chi connectivity index (χ4n) is 2.79. The third-order valence-electron chi connectivity index (χ3n) is 4.25. The molecule has 1 amide bonds. The molecular weight excluding hydrogens is 244 g/mol. The normalized spacial score (nSPS) is 23.3. The minimum absolute atomic E-state index is 0.0106. The third-order valence-corrected chi connectivity index (χ3v) is 4.25. The number of benzene rings is 1. The average Bonchev–Trinajstić information content (AvgIpc) is 3.07. The molecule has 2 saturated carbocycles. The Kier molecular flexibility index (Phi) is 2.69. The smallest absolute Gasteiger partial charge is 0.243 e. The topological polar surface area (TPSA) is 81.9 Å². The van der Waals surface area contributed by atoms with E-state index in [2.05, 4.69) is 10.5 Å². The molecule has 1 aromatic rings. The first-order valence-electron chi connectivity index (χ1n) is 6.46. The molecule has 0 aromatic heterocycles. The van der Waals surface area contributed by atoms with Crippen LogP contribution in [0.25, 0.3) is 0 Å². The van der Waals surface area contributed by atoms with Gasteiger partial charge in [0.1, 0.15) is 11.5 Å². The zero-order valence-electron chi connectivity index (χ0n) is 10.5. The lowest BCUT2D eigenvalue weighted by Crippen LogP contribution is -2.26. The molecule has 0 radical (unpaired) electrons. The second-order valence-electron chi connectivity index (χ2n) is 5.45. The molecular formula is C14H16N2O3. The zero-order chi connectivity index (χ0) is 13.5. The highest BCUT2D eigenvalue weighted by molar-refractivity contribution is 5.87. The van der Waals surface area contributed by atoms with Crippen molar-refractivity contribution >= 4 is 12.1 Å². The van der Waals surface area contributed by atoms with Gasteiger partial charge < -0.3 is 10.2 Å². The molecule has 1 spiro atoms. The largest absolute Gasteiger partial charge is 0.508 e. The molecule has 100 valence electrons. The van der Waals surface area contributed by atoms with Crippen molar-refractivity contribution in [3.63, 3.8) is 0 Å². The summed E-state index contributed by atoms with van der Waals surface area (Å²) in [5.41, 5.74) is 3.26. The van der Waals surface area contributed by atoms with Crippen LogP contribution >= 0.6 is 0 Å². The maximum Gasteiger partial charge on any atom is 0.243 e. The van der Waals surface area contributed by atoms with Crippen LogP contribution in [-0.2, 0) is 4.79 Å². The van der Waals surface area contributed by atoms with E-state index >= 15 is 0 Å². The van der Waals surface area contributed by atoms with E-state index in [0.717, 1.165) is 19.3 Å². The Morgan fingerprint density at radius 1 is 1.42 bits per heavy atom. The number of aromatic hydroxyl groups is 2. The first kappa shape index (κ1) is 12.0. The highest BCUT2D eigenvalue weighted by Crippen LogP contribution is 2.65. The molecule has 2 aliphatic rings. The van der Waals surface area contributed by atoms with Gasteiger partial charge in [0.05, 0.1) is 6.21 Å². The summed E-state index contributed by atoms with van der Waals surface area (Å²) in [7, 11) is 0. The molecule has 0 bridgehead atoms. The van der Waals surface area contributed by atoms with Crippen molar-refractivity contribution in [3.8, 4) is 11.5 Å². The minimum atomic E-state index is -0.0696. The number of phenols is 2.